The van der Waals surface area contributed by atoms with Crippen molar-refractivity contribution in [2.45, 2.75) is 13.8 Å². The van der Waals surface area contributed by atoms with Crippen LogP contribution in [0, 0.1) is 0 Å². The first kappa shape index (κ1) is 7.02. The van der Waals surface area contributed by atoms with Crippen LogP contribution in [0.2, 0.25) is 0 Å². The van der Waals surface area contributed by atoms with Gasteiger partial charge in [-0.15, -0.1) is 0 Å². The van der Waals surface area contributed by atoms with Gasteiger partial charge in [-0.3, -0.25) is 5.01 Å². The number of hydrogen-bond donors (Lipinski definition) is 1. The molecular weight excluding hydrogens is 126 g/mol. The van der Waals surface area contributed by atoms with Gasteiger partial charge in [-0.05, 0) is 25.5 Å². The first-order chi connectivity index (χ1) is 4.72. The van der Waals surface area contributed by atoms with Gasteiger partial charge in [-0.1, -0.05) is 0 Å². The molecule has 0 atom stereocenters. The highest BCUT2D eigenvalue weighted by atomic mass is 15.4. The molecule has 0 saturated carbocycles. The molecule has 0 fully saturated rings. The van der Waals surface area contributed by atoms with Gasteiger partial charge in [0.2, 0.25) is 0 Å². The largest absolute Gasteiger partial charge is 0.270 e. The van der Waals surface area contributed by atoms with Crippen LogP contribution in [0.15, 0.2) is 28.7 Å². The van der Waals surface area contributed by atoms with Crippen molar-refractivity contribution in [2.24, 2.45) is 10.8 Å². The molecule has 0 unspecified atom stereocenters. The van der Waals surface area contributed by atoms with Gasteiger partial charge < -0.3 is 0 Å². The molecule has 1 aliphatic heterocycles. The lowest BCUT2D eigenvalue weighted by Crippen LogP contribution is -2.25. The van der Waals surface area contributed by atoms with E-state index in [4.69, 9.17) is 5.84 Å². The van der Waals surface area contributed by atoms with Crippen LogP contribution in [0.5, 0.6) is 0 Å². The van der Waals surface area contributed by atoms with Crippen LogP contribution in [0.25, 0.3) is 0 Å². The van der Waals surface area contributed by atoms with Crippen molar-refractivity contribution in [3.63, 3.8) is 0 Å². The predicted molar refractivity (Wildman–Crippen MR) is 42.0 cm³/mol. The molecule has 1 rings (SSSR count). The van der Waals surface area contributed by atoms with Crippen molar-refractivity contribution in [3.05, 3.63) is 23.7 Å². The maximum absolute atomic E-state index is 5.55. The van der Waals surface area contributed by atoms with Crippen LogP contribution in [0.4, 0.5) is 0 Å². The first-order valence-electron chi connectivity index (χ1n) is 3.14. The smallest absolute Gasteiger partial charge is 0.145 e. The Morgan fingerprint density at radius 2 is 2.30 bits per heavy atom. The highest BCUT2D eigenvalue weighted by molar-refractivity contribution is 5.73. The third kappa shape index (κ3) is 1.25. The second-order valence-corrected chi connectivity index (χ2v) is 2.35. The minimum atomic E-state index is 0.822. The fourth-order valence-electron chi connectivity index (χ4n) is 0.769. The highest BCUT2D eigenvalue weighted by Gasteiger charge is 2.02. The number of allylic oxidation sites excluding steroid dienone is 2. The van der Waals surface area contributed by atoms with Crippen molar-refractivity contribution in [1.29, 1.82) is 0 Å². The average molecular weight is 137 g/mol. The van der Waals surface area contributed by atoms with E-state index in [1.165, 1.54) is 5.01 Å². The molecule has 54 valence electrons. The third-order valence-corrected chi connectivity index (χ3v) is 1.22. The van der Waals surface area contributed by atoms with E-state index < -0.39 is 0 Å². The van der Waals surface area contributed by atoms with Crippen LogP contribution in [-0.2, 0) is 0 Å². The Hall–Kier alpha value is -1.09. The lowest BCUT2D eigenvalue weighted by Gasteiger charge is -2.17. The van der Waals surface area contributed by atoms with Gasteiger partial charge in [0.15, 0.2) is 0 Å². The monoisotopic (exact) mass is 137 g/mol. The quantitative estimate of drug-likeness (QED) is 0.506. The topological polar surface area (TPSA) is 41.6 Å². The maximum Gasteiger partial charge on any atom is 0.145 e. The Kier molecular flexibility index (Phi) is 1.87. The summed E-state index contributed by atoms with van der Waals surface area (Å²) < 4.78 is 0. The van der Waals surface area contributed by atoms with E-state index in [0.29, 0.717) is 0 Å². The van der Waals surface area contributed by atoms with E-state index in [1.54, 1.807) is 18.5 Å². The molecule has 0 aliphatic carbocycles. The summed E-state index contributed by atoms with van der Waals surface area (Å²) in [5, 5.41) is 1.51. The maximum atomic E-state index is 5.55. The van der Waals surface area contributed by atoms with Gasteiger partial charge >= 0.3 is 0 Å². The van der Waals surface area contributed by atoms with Crippen molar-refractivity contribution in [3.8, 4) is 0 Å². The van der Waals surface area contributed by atoms with E-state index in [-0.39, 0.29) is 0 Å². The Balaban J connectivity index is 2.91. The average Bonchev–Trinajstić information content (AvgIpc) is 1.88. The number of rotatable bonds is 0. The summed E-state index contributed by atoms with van der Waals surface area (Å²) in [4.78, 5) is 4.08. The molecule has 0 saturated heterocycles. The molecule has 3 heteroatoms. The van der Waals surface area contributed by atoms with Crippen molar-refractivity contribution in [2.75, 3.05) is 0 Å². The van der Waals surface area contributed by atoms with E-state index in [1.807, 2.05) is 13.8 Å². The van der Waals surface area contributed by atoms with Crippen molar-refractivity contribution in [1.82, 2.24) is 5.01 Å². The van der Waals surface area contributed by atoms with Crippen LogP contribution in [0.3, 0.4) is 0 Å². The fraction of sp³-hybridized carbons (Fsp3) is 0.286. The number of aliphatic imine (C=N–C) groups is 1. The fourth-order valence-corrected chi connectivity index (χ4v) is 0.769. The molecule has 0 radical (unpaired) electrons. The number of hydrogen-bond acceptors (Lipinski definition) is 3. The summed E-state index contributed by atoms with van der Waals surface area (Å²) >= 11 is 0. The molecule has 1 aliphatic rings. The summed E-state index contributed by atoms with van der Waals surface area (Å²) in [6.07, 6.45) is 5.30. The van der Waals surface area contributed by atoms with Gasteiger partial charge in [0.1, 0.15) is 5.82 Å². The Bertz CT molecular complexity index is 209. The van der Waals surface area contributed by atoms with Crippen LogP contribution >= 0.6 is 0 Å². The van der Waals surface area contributed by atoms with Gasteiger partial charge in [-0.2, -0.15) is 0 Å². The summed E-state index contributed by atoms with van der Waals surface area (Å²) in [6, 6.07) is 0. The molecule has 1 heterocycles. The minimum absolute atomic E-state index is 0.822. The molecule has 2 N–H and O–H groups in total. The van der Waals surface area contributed by atoms with Crippen molar-refractivity contribution >= 4 is 6.21 Å². The van der Waals surface area contributed by atoms with E-state index in [0.717, 1.165) is 11.4 Å². The zero-order chi connectivity index (χ0) is 7.56. The number of hydrazine groups is 1. The number of nitrogens with two attached hydrogens (primary N) is 1. The summed E-state index contributed by atoms with van der Waals surface area (Å²) in [5.74, 6) is 6.38. The Labute approximate surface area is 60.5 Å². The molecule has 0 bridgehead atoms. The molecule has 0 aromatic rings. The molecule has 0 aromatic heterocycles. The zero-order valence-electron chi connectivity index (χ0n) is 6.20. The van der Waals surface area contributed by atoms with E-state index in [9.17, 15) is 0 Å². The minimum Gasteiger partial charge on any atom is -0.270 e. The van der Waals surface area contributed by atoms with Gasteiger partial charge in [0, 0.05) is 12.4 Å². The predicted octanol–water partition coefficient (Wildman–Crippen LogP) is 1.01. The van der Waals surface area contributed by atoms with E-state index in [2.05, 4.69) is 4.99 Å². The zero-order valence-corrected chi connectivity index (χ0v) is 6.20. The van der Waals surface area contributed by atoms with Gasteiger partial charge in [0.25, 0.3) is 0 Å². The SMILES string of the molecule is CC(C)=C1N=CC=CN1N. The van der Waals surface area contributed by atoms with Gasteiger partial charge in [0.05, 0.1) is 0 Å². The molecule has 0 spiro atoms. The Morgan fingerprint density at radius 1 is 1.60 bits per heavy atom. The second-order valence-electron chi connectivity index (χ2n) is 2.35. The van der Waals surface area contributed by atoms with E-state index >= 15 is 0 Å². The van der Waals surface area contributed by atoms with Crippen LogP contribution in [-0.4, -0.2) is 11.2 Å². The highest BCUT2D eigenvalue weighted by Crippen LogP contribution is 2.09. The molecule has 10 heavy (non-hydrogen) atoms. The molecule has 0 amide bonds. The Morgan fingerprint density at radius 3 is 2.70 bits per heavy atom. The molecular formula is C7H11N3. The molecule has 0 aromatic carbocycles. The third-order valence-electron chi connectivity index (χ3n) is 1.22. The summed E-state index contributed by atoms with van der Waals surface area (Å²) in [7, 11) is 0. The first-order valence-corrected chi connectivity index (χ1v) is 3.14. The standard InChI is InChI=1S/C7H11N3/c1-6(2)7-9-4-3-5-10(7)8/h3-5H,8H2,1-2H3. The molecule has 3 nitrogen and oxygen atoms in total. The normalized spacial score (nSPS) is 16.3. The van der Waals surface area contributed by atoms with Crippen LogP contribution in [0.1, 0.15) is 13.8 Å². The van der Waals surface area contributed by atoms with Gasteiger partial charge in [-0.25, -0.2) is 10.8 Å². The summed E-state index contributed by atoms with van der Waals surface area (Å²) in [6.45, 7) is 3.96. The lowest BCUT2D eigenvalue weighted by atomic mass is 10.3. The van der Waals surface area contributed by atoms with Crippen LogP contribution < -0.4 is 5.84 Å². The summed E-state index contributed by atoms with van der Waals surface area (Å²) in [5.41, 5.74) is 1.11. The number of nitrogens with zero attached hydrogens (tertiary/aromatic N) is 2. The van der Waals surface area contributed by atoms with Crippen molar-refractivity contribution < 1.29 is 0 Å². The lowest BCUT2D eigenvalue weighted by molar-refractivity contribution is 0.478. The second kappa shape index (κ2) is 2.66.